The van der Waals surface area contributed by atoms with Crippen LogP contribution in [0.2, 0.25) is 0 Å². The topological polar surface area (TPSA) is 75.3 Å². The minimum atomic E-state index is -4.83. The van der Waals surface area contributed by atoms with Crippen LogP contribution in [0.25, 0.3) is 12.2 Å². The van der Waals surface area contributed by atoms with Crippen LogP contribution in [0, 0.1) is 5.82 Å². The number of rotatable bonds is 11. The smallest absolute Gasteiger partial charge is 0.494 e. The van der Waals surface area contributed by atoms with Gasteiger partial charge < -0.3 is 29.0 Å². The number of halogens is 4. The standard InChI is InChI=1S/C28H25F4NO6/c1-35-24-16-22(33-12-11-23(34)18-7-9-20(10-8-18)39-28(30,31)32)19(15-21(24)29)6-5-17-13-25(36-2)27(38-4)26(14-17)37-3/h5-16,33H,1-4H3. The van der Waals surface area contributed by atoms with Crippen LogP contribution in [-0.2, 0) is 0 Å². The molecule has 11 heteroatoms. The molecule has 0 aliphatic rings. The minimum absolute atomic E-state index is 0.0255. The molecule has 0 atom stereocenters. The minimum Gasteiger partial charge on any atom is -0.494 e. The highest BCUT2D eigenvalue weighted by molar-refractivity contribution is 6.04. The number of carbonyl (C=O) groups excluding carboxylic acids is 1. The summed E-state index contributed by atoms with van der Waals surface area (Å²) in [5.41, 5.74) is 1.65. The molecule has 7 nitrogen and oxygen atoms in total. The van der Waals surface area contributed by atoms with Gasteiger partial charge in [0.1, 0.15) is 5.75 Å². The number of anilines is 1. The van der Waals surface area contributed by atoms with E-state index in [1.54, 1.807) is 24.3 Å². The van der Waals surface area contributed by atoms with Crippen molar-refractivity contribution >= 4 is 23.6 Å². The van der Waals surface area contributed by atoms with Crippen LogP contribution in [0.4, 0.5) is 23.2 Å². The van der Waals surface area contributed by atoms with Crippen molar-refractivity contribution < 1.29 is 46.0 Å². The van der Waals surface area contributed by atoms with Gasteiger partial charge in [-0.25, -0.2) is 4.39 Å². The molecule has 0 aromatic heterocycles. The second-order valence-corrected chi connectivity index (χ2v) is 7.78. The highest BCUT2D eigenvalue weighted by Crippen LogP contribution is 2.39. The summed E-state index contributed by atoms with van der Waals surface area (Å²) in [7, 11) is 5.79. The summed E-state index contributed by atoms with van der Waals surface area (Å²) in [6.07, 6.45) is 1.02. The lowest BCUT2D eigenvalue weighted by molar-refractivity contribution is -0.274. The molecule has 0 aliphatic carbocycles. The first-order valence-electron chi connectivity index (χ1n) is 11.3. The number of alkyl halides is 3. The Bertz CT molecular complexity index is 1340. The number of benzene rings is 3. The van der Waals surface area contributed by atoms with E-state index in [0.717, 1.165) is 12.1 Å². The van der Waals surface area contributed by atoms with Gasteiger partial charge in [-0.1, -0.05) is 12.2 Å². The number of allylic oxidation sites excluding steroid dienone is 1. The lowest BCUT2D eigenvalue weighted by Gasteiger charge is -2.13. The van der Waals surface area contributed by atoms with Gasteiger partial charge in [0.2, 0.25) is 5.75 Å². The quantitative estimate of drug-likeness (QED) is 0.123. The van der Waals surface area contributed by atoms with E-state index in [1.165, 1.54) is 65.0 Å². The van der Waals surface area contributed by atoms with Crippen molar-refractivity contribution in [2.24, 2.45) is 0 Å². The zero-order chi connectivity index (χ0) is 28.6. The highest BCUT2D eigenvalue weighted by atomic mass is 19.4. The number of carbonyl (C=O) groups is 1. The number of nitrogens with one attached hydrogen (secondary N) is 1. The van der Waals surface area contributed by atoms with Crippen LogP contribution < -0.4 is 29.0 Å². The summed E-state index contributed by atoms with van der Waals surface area (Å²) in [6, 6.07) is 10.6. The Morgan fingerprint density at radius 1 is 0.821 bits per heavy atom. The lowest BCUT2D eigenvalue weighted by Crippen LogP contribution is -2.17. The fourth-order valence-electron chi connectivity index (χ4n) is 3.50. The van der Waals surface area contributed by atoms with Crippen molar-refractivity contribution in [1.29, 1.82) is 0 Å². The van der Waals surface area contributed by atoms with E-state index in [-0.39, 0.29) is 11.3 Å². The van der Waals surface area contributed by atoms with Crippen LogP contribution >= 0.6 is 0 Å². The number of hydrogen-bond acceptors (Lipinski definition) is 7. The van der Waals surface area contributed by atoms with Crippen LogP contribution in [0.15, 0.2) is 60.8 Å². The molecule has 0 unspecified atom stereocenters. The molecule has 0 saturated heterocycles. The maximum atomic E-state index is 14.5. The second kappa shape index (κ2) is 12.7. The third kappa shape index (κ3) is 7.67. The molecule has 0 saturated carbocycles. The van der Waals surface area contributed by atoms with Gasteiger partial charge in [0.15, 0.2) is 28.8 Å². The number of methoxy groups -OCH3 is 4. The molecule has 0 fully saturated rings. The van der Waals surface area contributed by atoms with E-state index in [2.05, 4.69) is 10.1 Å². The van der Waals surface area contributed by atoms with Crippen LogP contribution in [0.1, 0.15) is 21.5 Å². The Balaban J connectivity index is 1.84. The molecule has 206 valence electrons. The lowest BCUT2D eigenvalue weighted by atomic mass is 10.1. The van der Waals surface area contributed by atoms with Crippen LogP contribution in [-0.4, -0.2) is 40.6 Å². The van der Waals surface area contributed by atoms with Gasteiger partial charge in [-0.05, 0) is 48.0 Å². The highest BCUT2D eigenvalue weighted by Gasteiger charge is 2.31. The molecule has 0 bridgehead atoms. The van der Waals surface area contributed by atoms with Gasteiger partial charge in [0, 0.05) is 35.2 Å². The van der Waals surface area contributed by atoms with E-state index in [1.807, 2.05) is 0 Å². The number of ketones is 1. The molecule has 3 rings (SSSR count). The van der Waals surface area contributed by atoms with Gasteiger partial charge in [-0.15, -0.1) is 13.2 Å². The monoisotopic (exact) mass is 547 g/mol. The average Bonchev–Trinajstić information content (AvgIpc) is 2.91. The molecule has 39 heavy (non-hydrogen) atoms. The first-order chi connectivity index (χ1) is 18.6. The van der Waals surface area contributed by atoms with E-state index in [4.69, 9.17) is 18.9 Å². The fraction of sp³-hybridized carbons (Fsp3) is 0.179. The Kier molecular flexibility index (Phi) is 9.43. The Morgan fingerprint density at radius 3 is 1.97 bits per heavy atom. The third-order valence-electron chi connectivity index (χ3n) is 5.31. The average molecular weight is 548 g/mol. The Morgan fingerprint density at radius 2 is 1.44 bits per heavy atom. The van der Waals surface area contributed by atoms with Gasteiger partial charge in [-0.2, -0.15) is 0 Å². The molecular weight excluding hydrogens is 522 g/mol. The summed E-state index contributed by atoms with van der Waals surface area (Å²) in [6.45, 7) is 0. The molecule has 1 N–H and O–H groups in total. The summed E-state index contributed by atoms with van der Waals surface area (Å²) in [5, 5.41) is 2.92. The first-order valence-corrected chi connectivity index (χ1v) is 11.3. The molecule has 0 radical (unpaired) electrons. The van der Waals surface area contributed by atoms with Crippen molar-refractivity contribution in [1.82, 2.24) is 0 Å². The van der Waals surface area contributed by atoms with E-state index in [9.17, 15) is 22.4 Å². The summed E-state index contributed by atoms with van der Waals surface area (Å²) in [4.78, 5) is 12.5. The van der Waals surface area contributed by atoms with Crippen molar-refractivity contribution in [3.8, 4) is 28.7 Å². The van der Waals surface area contributed by atoms with Crippen LogP contribution in [0.5, 0.6) is 28.7 Å². The molecule has 0 spiro atoms. The van der Waals surface area contributed by atoms with Crippen molar-refractivity contribution in [3.63, 3.8) is 0 Å². The third-order valence-corrected chi connectivity index (χ3v) is 5.31. The van der Waals surface area contributed by atoms with Crippen molar-refractivity contribution in [2.75, 3.05) is 33.8 Å². The van der Waals surface area contributed by atoms with Gasteiger partial charge in [-0.3, -0.25) is 4.79 Å². The molecule has 0 aliphatic heterocycles. The SMILES string of the molecule is COc1cc(NC=CC(=O)c2ccc(OC(F)(F)F)cc2)c(C=Cc2cc(OC)c(OC)c(OC)c2)cc1F. The fourth-order valence-corrected chi connectivity index (χ4v) is 3.50. The van der Waals surface area contributed by atoms with Gasteiger partial charge in [0.05, 0.1) is 28.4 Å². The molecule has 0 amide bonds. The maximum absolute atomic E-state index is 14.5. The normalized spacial score (nSPS) is 11.5. The first kappa shape index (κ1) is 28.9. The van der Waals surface area contributed by atoms with E-state index >= 15 is 0 Å². The molecular formula is C28H25F4NO6. The number of ether oxygens (including phenoxy) is 5. The Labute approximate surface area is 222 Å². The zero-order valence-electron chi connectivity index (χ0n) is 21.4. The van der Waals surface area contributed by atoms with Crippen LogP contribution in [0.3, 0.4) is 0 Å². The molecule has 3 aromatic rings. The van der Waals surface area contributed by atoms with Crippen molar-refractivity contribution in [2.45, 2.75) is 6.36 Å². The Hall–Kier alpha value is -4.67. The second-order valence-electron chi connectivity index (χ2n) is 7.78. The largest absolute Gasteiger partial charge is 0.573 e. The van der Waals surface area contributed by atoms with E-state index < -0.39 is 23.7 Å². The number of hydrogen-bond donors (Lipinski definition) is 1. The van der Waals surface area contributed by atoms with E-state index in [0.29, 0.717) is 34.1 Å². The summed E-state index contributed by atoms with van der Waals surface area (Å²) >= 11 is 0. The van der Waals surface area contributed by atoms with Gasteiger partial charge in [0.25, 0.3) is 0 Å². The molecule has 0 heterocycles. The summed E-state index contributed by atoms with van der Waals surface area (Å²) in [5.74, 6) is -0.248. The predicted octanol–water partition coefficient (Wildman–Crippen LogP) is 6.74. The van der Waals surface area contributed by atoms with Gasteiger partial charge >= 0.3 is 6.36 Å². The van der Waals surface area contributed by atoms with Crippen molar-refractivity contribution in [3.05, 3.63) is 83.3 Å². The predicted molar refractivity (Wildman–Crippen MR) is 138 cm³/mol. The molecule has 3 aromatic carbocycles. The maximum Gasteiger partial charge on any atom is 0.573 e. The summed E-state index contributed by atoms with van der Waals surface area (Å²) < 4.78 is 76.4. The zero-order valence-corrected chi connectivity index (χ0v) is 21.4.